The molecule has 8 nitrogen and oxygen atoms in total. The Kier molecular flexibility index (Phi) is 8.88. The number of anilines is 1. The Morgan fingerprint density at radius 1 is 0.941 bits per heavy atom. The number of hydrazone groups is 1. The van der Waals surface area contributed by atoms with Crippen LogP contribution in [0.4, 0.5) is 5.69 Å². The molecule has 0 saturated carbocycles. The van der Waals surface area contributed by atoms with Crippen LogP contribution in [0.1, 0.15) is 18.1 Å². The first kappa shape index (κ1) is 24.6. The van der Waals surface area contributed by atoms with Gasteiger partial charge in [0.15, 0.2) is 11.5 Å². The Labute approximate surface area is 202 Å². The number of amides is 2. The van der Waals surface area contributed by atoms with Crippen molar-refractivity contribution in [1.29, 1.82) is 0 Å². The van der Waals surface area contributed by atoms with Crippen LogP contribution in [0.2, 0.25) is 5.02 Å². The van der Waals surface area contributed by atoms with E-state index in [1.54, 1.807) is 54.6 Å². The van der Waals surface area contributed by atoms with Crippen LogP contribution in [0.5, 0.6) is 17.2 Å². The van der Waals surface area contributed by atoms with E-state index in [4.69, 9.17) is 25.8 Å². The predicted octanol–water partition coefficient (Wildman–Crippen LogP) is 4.42. The lowest BCUT2D eigenvalue weighted by atomic mass is 10.2. The van der Waals surface area contributed by atoms with Crippen molar-refractivity contribution in [2.75, 3.05) is 19.0 Å². The van der Waals surface area contributed by atoms with Crippen LogP contribution < -0.4 is 25.0 Å². The number of benzene rings is 3. The van der Waals surface area contributed by atoms with Crippen molar-refractivity contribution in [3.8, 4) is 17.2 Å². The maximum atomic E-state index is 12.1. The van der Waals surface area contributed by atoms with Crippen LogP contribution in [-0.2, 0) is 16.2 Å². The second-order valence-electron chi connectivity index (χ2n) is 6.91. The number of ether oxygens (including phenoxy) is 3. The molecule has 0 aliphatic heterocycles. The van der Waals surface area contributed by atoms with Crippen LogP contribution in [0.3, 0.4) is 0 Å². The summed E-state index contributed by atoms with van der Waals surface area (Å²) in [6.45, 7) is 2.66. The second kappa shape index (κ2) is 12.3. The summed E-state index contributed by atoms with van der Waals surface area (Å²) in [6.07, 6.45) is 1.40. The highest BCUT2D eigenvalue weighted by atomic mass is 35.5. The summed E-state index contributed by atoms with van der Waals surface area (Å²) in [5, 5.41) is 6.99. The fraction of sp³-hybridized carbons (Fsp3) is 0.160. The molecule has 0 heterocycles. The van der Waals surface area contributed by atoms with Crippen molar-refractivity contribution in [3.63, 3.8) is 0 Å². The average molecular weight is 482 g/mol. The molecule has 3 rings (SSSR count). The van der Waals surface area contributed by atoms with Gasteiger partial charge in [-0.2, -0.15) is 5.10 Å². The molecule has 0 aliphatic rings. The molecule has 0 fully saturated rings. The first-order valence-corrected chi connectivity index (χ1v) is 10.8. The SMILES string of the molecule is CCOc1cc(C=NNC(=O)C(=O)Nc2ccccc2OC)ccc1OCc1ccc(Cl)cc1. The molecule has 176 valence electrons. The van der Waals surface area contributed by atoms with Gasteiger partial charge in [-0.3, -0.25) is 9.59 Å². The Hall–Kier alpha value is -4.04. The summed E-state index contributed by atoms with van der Waals surface area (Å²) < 4.78 is 16.7. The van der Waals surface area contributed by atoms with Crippen molar-refractivity contribution >= 4 is 35.3 Å². The predicted molar refractivity (Wildman–Crippen MR) is 131 cm³/mol. The lowest BCUT2D eigenvalue weighted by Gasteiger charge is -2.12. The minimum absolute atomic E-state index is 0.349. The highest BCUT2D eigenvalue weighted by molar-refractivity contribution is 6.39. The normalized spacial score (nSPS) is 10.6. The van der Waals surface area contributed by atoms with Crippen LogP contribution >= 0.6 is 11.6 Å². The quantitative estimate of drug-likeness (QED) is 0.268. The number of carbonyl (C=O) groups is 2. The third kappa shape index (κ3) is 6.98. The molecule has 2 N–H and O–H groups in total. The third-order valence-electron chi connectivity index (χ3n) is 4.52. The molecule has 0 bridgehead atoms. The molecule has 3 aromatic rings. The number of halogens is 1. The molecular formula is C25H24ClN3O5. The number of para-hydroxylation sites is 2. The van der Waals surface area contributed by atoms with E-state index < -0.39 is 11.8 Å². The van der Waals surface area contributed by atoms with Crippen LogP contribution in [0.25, 0.3) is 0 Å². The maximum absolute atomic E-state index is 12.1. The van der Waals surface area contributed by atoms with E-state index in [0.717, 1.165) is 5.56 Å². The van der Waals surface area contributed by atoms with Gasteiger partial charge < -0.3 is 19.5 Å². The van der Waals surface area contributed by atoms with Crippen LogP contribution in [-0.4, -0.2) is 31.7 Å². The fourth-order valence-corrected chi connectivity index (χ4v) is 3.00. The first-order valence-electron chi connectivity index (χ1n) is 10.4. The monoisotopic (exact) mass is 481 g/mol. The van der Waals surface area contributed by atoms with E-state index in [2.05, 4.69) is 15.8 Å². The number of rotatable bonds is 9. The van der Waals surface area contributed by atoms with Gasteiger partial charge in [-0.05, 0) is 60.5 Å². The molecule has 9 heteroatoms. The second-order valence-corrected chi connectivity index (χ2v) is 7.34. The van der Waals surface area contributed by atoms with E-state index >= 15 is 0 Å². The van der Waals surface area contributed by atoms with E-state index in [9.17, 15) is 9.59 Å². The molecule has 2 amide bonds. The van der Waals surface area contributed by atoms with Gasteiger partial charge in [-0.25, -0.2) is 5.43 Å². The number of carbonyl (C=O) groups excluding carboxylic acids is 2. The lowest BCUT2D eigenvalue weighted by Crippen LogP contribution is -2.32. The van der Waals surface area contributed by atoms with Crippen molar-refractivity contribution in [2.24, 2.45) is 5.10 Å². The fourth-order valence-electron chi connectivity index (χ4n) is 2.88. The smallest absolute Gasteiger partial charge is 0.329 e. The standard InChI is InChI=1S/C25H24ClN3O5/c1-3-33-23-14-18(10-13-22(23)34-16-17-8-11-19(26)12-9-17)15-27-29-25(31)24(30)28-20-6-4-5-7-21(20)32-2/h4-15H,3,16H2,1-2H3,(H,28,30)(H,29,31). The van der Waals surface area contributed by atoms with Gasteiger partial charge in [0.2, 0.25) is 0 Å². The summed E-state index contributed by atoms with van der Waals surface area (Å²) in [6, 6.07) is 19.4. The molecule has 0 aliphatic carbocycles. The molecule has 0 saturated heterocycles. The summed E-state index contributed by atoms with van der Waals surface area (Å²) in [7, 11) is 1.47. The molecule has 0 atom stereocenters. The number of nitrogens with zero attached hydrogens (tertiary/aromatic N) is 1. The van der Waals surface area contributed by atoms with Gasteiger partial charge in [0.05, 0.1) is 25.6 Å². The average Bonchev–Trinajstić information content (AvgIpc) is 2.85. The Morgan fingerprint density at radius 2 is 1.71 bits per heavy atom. The van der Waals surface area contributed by atoms with E-state index in [0.29, 0.717) is 46.7 Å². The highest BCUT2D eigenvalue weighted by Gasteiger charge is 2.15. The first-order chi connectivity index (χ1) is 16.5. The minimum Gasteiger partial charge on any atom is -0.495 e. The number of hydrogen-bond acceptors (Lipinski definition) is 6. The Balaban J connectivity index is 1.60. The molecule has 0 radical (unpaired) electrons. The maximum Gasteiger partial charge on any atom is 0.329 e. The van der Waals surface area contributed by atoms with E-state index in [1.165, 1.54) is 13.3 Å². The molecule has 0 unspecified atom stereocenters. The van der Waals surface area contributed by atoms with Crippen molar-refractivity contribution in [3.05, 3.63) is 82.9 Å². The van der Waals surface area contributed by atoms with E-state index in [-0.39, 0.29) is 0 Å². The van der Waals surface area contributed by atoms with Gasteiger partial charge in [0, 0.05) is 5.02 Å². The van der Waals surface area contributed by atoms with Crippen LogP contribution in [0, 0.1) is 0 Å². The number of hydrogen-bond donors (Lipinski definition) is 2. The van der Waals surface area contributed by atoms with Crippen molar-refractivity contribution in [2.45, 2.75) is 13.5 Å². The topological polar surface area (TPSA) is 98.2 Å². The van der Waals surface area contributed by atoms with Gasteiger partial charge in [-0.1, -0.05) is 35.9 Å². The summed E-state index contributed by atoms with van der Waals surface area (Å²) >= 11 is 5.91. The largest absolute Gasteiger partial charge is 0.495 e. The highest BCUT2D eigenvalue weighted by Crippen LogP contribution is 2.29. The van der Waals surface area contributed by atoms with Gasteiger partial charge >= 0.3 is 11.8 Å². The van der Waals surface area contributed by atoms with Gasteiger partial charge in [0.25, 0.3) is 0 Å². The zero-order valence-corrected chi connectivity index (χ0v) is 19.5. The summed E-state index contributed by atoms with van der Waals surface area (Å²) in [5.41, 5.74) is 4.19. The van der Waals surface area contributed by atoms with Gasteiger partial charge in [0.1, 0.15) is 12.4 Å². The summed E-state index contributed by atoms with van der Waals surface area (Å²) in [4.78, 5) is 24.2. The molecule has 3 aromatic carbocycles. The van der Waals surface area contributed by atoms with E-state index in [1.807, 2.05) is 19.1 Å². The zero-order chi connectivity index (χ0) is 24.3. The van der Waals surface area contributed by atoms with Crippen molar-refractivity contribution < 1.29 is 23.8 Å². The van der Waals surface area contributed by atoms with Crippen LogP contribution in [0.15, 0.2) is 71.8 Å². The minimum atomic E-state index is -0.921. The Morgan fingerprint density at radius 3 is 2.44 bits per heavy atom. The molecule has 0 spiro atoms. The molecule has 34 heavy (non-hydrogen) atoms. The number of methoxy groups -OCH3 is 1. The lowest BCUT2D eigenvalue weighted by molar-refractivity contribution is -0.136. The molecular weight excluding hydrogens is 458 g/mol. The molecule has 0 aromatic heterocycles. The third-order valence-corrected chi connectivity index (χ3v) is 4.77. The summed E-state index contributed by atoms with van der Waals surface area (Å²) in [5.74, 6) is -0.262. The van der Waals surface area contributed by atoms with Gasteiger partial charge in [-0.15, -0.1) is 0 Å². The Bertz CT molecular complexity index is 1170. The zero-order valence-electron chi connectivity index (χ0n) is 18.7. The number of nitrogens with one attached hydrogen (secondary N) is 2. The van der Waals surface area contributed by atoms with Crippen molar-refractivity contribution in [1.82, 2.24) is 5.43 Å².